The zero-order valence-electron chi connectivity index (χ0n) is 41.5. The van der Waals surface area contributed by atoms with E-state index in [4.69, 9.17) is 18.5 Å². The summed E-state index contributed by atoms with van der Waals surface area (Å²) in [6, 6.07) is 0. The van der Waals surface area contributed by atoms with Crippen LogP contribution in [0.3, 0.4) is 0 Å². The Morgan fingerprint density at radius 2 is 1.00 bits per heavy atom. The lowest BCUT2D eigenvalue weighted by molar-refractivity contribution is -0.216. The molecule has 8 N–H and O–H groups in total. The van der Waals surface area contributed by atoms with Crippen LogP contribution in [0.2, 0.25) is 0 Å². The van der Waals surface area contributed by atoms with Crippen LogP contribution >= 0.6 is 15.6 Å². The van der Waals surface area contributed by atoms with Gasteiger partial charge in [-0.05, 0) is 77.0 Å². The van der Waals surface area contributed by atoms with Crippen molar-refractivity contribution in [1.29, 1.82) is 0 Å². The molecule has 0 aromatic heterocycles. The van der Waals surface area contributed by atoms with Crippen LogP contribution in [0, 0.1) is 0 Å². The van der Waals surface area contributed by atoms with Crippen molar-refractivity contribution in [3.8, 4) is 0 Å². The highest BCUT2D eigenvalue weighted by atomic mass is 31.2. The molecule has 0 saturated heterocycles. The van der Waals surface area contributed by atoms with E-state index in [1.807, 2.05) is 49.5 Å². The number of unbranched alkanes of at least 4 members (excludes halogenated alkanes) is 13. The minimum atomic E-state index is -5.38. The van der Waals surface area contributed by atoms with Gasteiger partial charge >= 0.3 is 27.6 Å². The van der Waals surface area contributed by atoms with Crippen LogP contribution < -0.4 is 0 Å². The Morgan fingerprint density at radius 1 is 0.529 bits per heavy atom. The lowest BCUT2D eigenvalue weighted by atomic mass is 9.85. The lowest BCUT2D eigenvalue weighted by Gasteiger charge is -2.43. The Bertz CT molecular complexity index is 1690. The van der Waals surface area contributed by atoms with Gasteiger partial charge in [-0.15, -0.1) is 0 Å². The Kier molecular flexibility index (Phi) is 37.8. The van der Waals surface area contributed by atoms with E-state index in [-0.39, 0.29) is 12.8 Å². The number of hydrogen-bond donors (Lipinski definition) is 8. The normalized spacial score (nSPS) is 22.1. The highest BCUT2D eigenvalue weighted by Crippen LogP contribution is 2.49. The highest BCUT2D eigenvalue weighted by Gasteiger charge is 2.54. The van der Waals surface area contributed by atoms with Crippen molar-refractivity contribution in [2.75, 3.05) is 13.2 Å². The predicted octanol–water partition coefficient (Wildman–Crippen LogP) is 9.15. The number of esters is 2. The summed E-state index contributed by atoms with van der Waals surface area (Å²) in [5, 5.41) is 50.8. The number of carbonyl (C=O) groups excluding carboxylic acids is 2. The third-order valence-electron chi connectivity index (χ3n) is 11.1. The molecule has 17 nitrogen and oxygen atoms in total. The fraction of sp³-hybridized carbons (Fsp3) is 0.686. The van der Waals surface area contributed by atoms with Gasteiger partial charge in [0.2, 0.25) is 0 Å². The molecule has 1 fully saturated rings. The number of phosphoric ester groups is 2. The number of allylic oxidation sites excluding steroid dienone is 13. The van der Waals surface area contributed by atoms with E-state index in [0.717, 1.165) is 64.2 Å². The molecule has 19 heteroatoms. The summed E-state index contributed by atoms with van der Waals surface area (Å²) in [4.78, 5) is 54.4. The second-order valence-corrected chi connectivity index (χ2v) is 19.9. The van der Waals surface area contributed by atoms with Crippen molar-refractivity contribution < 1.29 is 82.0 Å². The van der Waals surface area contributed by atoms with Crippen molar-refractivity contribution in [2.45, 2.75) is 210 Å². The predicted molar refractivity (Wildman–Crippen MR) is 270 cm³/mol. The average molecular weight is 1030 g/mol. The van der Waals surface area contributed by atoms with E-state index in [2.05, 4.69) is 47.9 Å². The van der Waals surface area contributed by atoms with Gasteiger partial charge in [-0.3, -0.25) is 23.2 Å². The van der Waals surface area contributed by atoms with Crippen LogP contribution in [0.5, 0.6) is 0 Å². The fourth-order valence-corrected chi connectivity index (χ4v) is 8.58. The molecule has 0 bridgehead atoms. The molecule has 0 aromatic rings. The van der Waals surface area contributed by atoms with Gasteiger partial charge in [0.25, 0.3) is 0 Å². The zero-order chi connectivity index (χ0) is 51.9. The van der Waals surface area contributed by atoms with Crippen LogP contribution in [-0.4, -0.2) is 114 Å². The first kappa shape index (κ1) is 65.2. The maximum atomic E-state index is 13.0. The monoisotopic (exact) mass is 1030 g/mol. The van der Waals surface area contributed by atoms with Gasteiger partial charge in [-0.2, -0.15) is 0 Å². The minimum absolute atomic E-state index is 0.0155. The SMILES string of the molecule is CCCCC/C=C\C/C=C\CCCCCCCCCCCC(=O)O[C@H](COC(=O)CCC/C=C\C/C=C\C/C=C\C/C=C\C=C\[C@@H](O)CC)COP(=O)(O)O[C@H]1C(O)C(O)C(O)[C@@H](OP(=O)(O)O)C1O. The van der Waals surface area contributed by atoms with E-state index in [0.29, 0.717) is 32.1 Å². The number of hydrogen-bond acceptors (Lipinski definition) is 14. The summed E-state index contributed by atoms with van der Waals surface area (Å²) >= 11 is 0. The Balaban J connectivity index is 2.60. The molecule has 0 radical (unpaired) electrons. The molecule has 0 amide bonds. The summed E-state index contributed by atoms with van der Waals surface area (Å²) in [6.07, 6.45) is 33.4. The molecule has 1 aliphatic carbocycles. The van der Waals surface area contributed by atoms with Gasteiger partial charge < -0.3 is 49.7 Å². The molecule has 5 unspecified atom stereocenters. The van der Waals surface area contributed by atoms with Crippen molar-refractivity contribution in [1.82, 2.24) is 0 Å². The molecule has 0 aliphatic heterocycles. The van der Waals surface area contributed by atoms with Gasteiger partial charge in [0.15, 0.2) is 6.10 Å². The first-order valence-electron chi connectivity index (χ1n) is 25.2. The number of aliphatic hydroxyl groups excluding tert-OH is 5. The highest BCUT2D eigenvalue weighted by molar-refractivity contribution is 7.47. The maximum Gasteiger partial charge on any atom is 0.472 e. The van der Waals surface area contributed by atoms with Crippen molar-refractivity contribution in [3.63, 3.8) is 0 Å². The Labute approximate surface area is 416 Å². The van der Waals surface area contributed by atoms with E-state index in [1.165, 1.54) is 38.5 Å². The van der Waals surface area contributed by atoms with Gasteiger partial charge in [-0.25, -0.2) is 9.13 Å². The van der Waals surface area contributed by atoms with Gasteiger partial charge in [0.1, 0.15) is 43.2 Å². The molecule has 0 heterocycles. The van der Waals surface area contributed by atoms with Crippen LogP contribution in [0.15, 0.2) is 85.1 Å². The third kappa shape index (κ3) is 34.5. The molecule has 70 heavy (non-hydrogen) atoms. The second-order valence-electron chi connectivity index (χ2n) is 17.3. The average Bonchev–Trinajstić information content (AvgIpc) is 3.32. The first-order valence-corrected chi connectivity index (χ1v) is 28.3. The lowest BCUT2D eigenvalue weighted by Crippen LogP contribution is -2.64. The summed E-state index contributed by atoms with van der Waals surface area (Å²) in [7, 11) is -10.7. The maximum absolute atomic E-state index is 13.0. The second kappa shape index (κ2) is 40.6. The number of phosphoric acid groups is 2. The van der Waals surface area contributed by atoms with E-state index >= 15 is 0 Å². The summed E-state index contributed by atoms with van der Waals surface area (Å²) < 4.78 is 49.4. The van der Waals surface area contributed by atoms with E-state index in [1.54, 1.807) is 6.08 Å². The van der Waals surface area contributed by atoms with E-state index in [9.17, 15) is 58.9 Å². The van der Waals surface area contributed by atoms with E-state index < -0.39 is 89.6 Å². The van der Waals surface area contributed by atoms with Crippen LogP contribution in [-0.2, 0) is 41.8 Å². The van der Waals surface area contributed by atoms with Gasteiger partial charge in [0, 0.05) is 12.8 Å². The molecule has 0 spiro atoms. The molecule has 402 valence electrons. The number of carbonyl (C=O) groups is 2. The molecule has 9 atom stereocenters. The topological polar surface area (TPSA) is 276 Å². The van der Waals surface area contributed by atoms with Gasteiger partial charge in [0.05, 0.1) is 12.7 Å². The Morgan fingerprint density at radius 3 is 1.54 bits per heavy atom. The summed E-state index contributed by atoms with van der Waals surface area (Å²) in [5.74, 6) is -1.30. The molecular formula is C51H86O17P2. The molecule has 1 rings (SSSR count). The molecule has 1 aliphatic rings. The van der Waals surface area contributed by atoms with Crippen molar-refractivity contribution in [3.05, 3.63) is 85.1 Å². The zero-order valence-corrected chi connectivity index (χ0v) is 43.3. The van der Waals surface area contributed by atoms with Crippen LogP contribution in [0.4, 0.5) is 0 Å². The van der Waals surface area contributed by atoms with Crippen LogP contribution in [0.25, 0.3) is 0 Å². The number of ether oxygens (including phenoxy) is 2. The smallest absolute Gasteiger partial charge is 0.462 e. The Hall–Kier alpha value is -2.86. The summed E-state index contributed by atoms with van der Waals surface area (Å²) in [5.41, 5.74) is 0. The number of rotatable bonds is 41. The molecular weight excluding hydrogens is 946 g/mol. The first-order chi connectivity index (χ1) is 33.5. The third-order valence-corrected chi connectivity index (χ3v) is 12.6. The van der Waals surface area contributed by atoms with Crippen molar-refractivity contribution >= 4 is 27.6 Å². The number of aliphatic hydroxyl groups is 5. The fourth-order valence-electron chi connectivity index (χ4n) is 7.04. The largest absolute Gasteiger partial charge is 0.472 e. The minimum Gasteiger partial charge on any atom is -0.462 e. The van der Waals surface area contributed by atoms with Crippen LogP contribution in [0.1, 0.15) is 162 Å². The molecule has 0 aromatic carbocycles. The quantitative estimate of drug-likeness (QED) is 0.00932. The summed E-state index contributed by atoms with van der Waals surface area (Å²) in [6.45, 7) is 2.71. The molecule has 1 saturated carbocycles. The standard InChI is InChI=1S/C51H86O17P2/c1-3-5-6-7-8-9-10-11-12-13-14-15-16-21-24-27-30-33-36-39-45(54)66-43(41-65-70(62,63)68-51-48(57)46(55)47(56)50(49(51)58)67-69(59,60)61)40-64-44(53)38-35-32-29-26-23-20-18-17-19-22-25-28-31-34-37-42(52)4-2/h8-9,11-12,18-20,22,26,28-29,31,34,37,42-43,46-52,55-58H,3-7,10,13-17,21,23-25,27,30,32-33,35-36,38-41H2,1-2H3,(H,62,63)(H2,59,60,61)/b9-8-,12-11-,20-18-,22-19-,29-26-,31-28-,37-34+/t42-,43+,46?,47?,48?,49?,50+,51-/m0/s1. The van der Waals surface area contributed by atoms with Gasteiger partial charge in [-0.1, -0.05) is 157 Å². The van der Waals surface area contributed by atoms with Crippen molar-refractivity contribution in [2.24, 2.45) is 0 Å².